The third-order valence-electron chi connectivity index (χ3n) is 3.08. The Morgan fingerprint density at radius 2 is 2.00 bits per heavy atom. The second kappa shape index (κ2) is 4.08. The van der Waals surface area contributed by atoms with E-state index in [-0.39, 0.29) is 5.56 Å². The minimum Gasteiger partial charge on any atom is -0.281 e. The van der Waals surface area contributed by atoms with Crippen LogP contribution in [-0.4, -0.2) is 10.3 Å². The van der Waals surface area contributed by atoms with Gasteiger partial charge in [0.2, 0.25) is 0 Å². The fourth-order valence-electron chi connectivity index (χ4n) is 2.26. The topological polar surface area (TPSA) is 22.0 Å². The lowest BCUT2D eigenvalue weighted by Gasteiger charge is -2.11. The number of pyridine rings is 1. The van der Waals surface area contributed by atoms with Crippen LogP contribution in [0.4, 0.5) is 0 Å². The van der Waals surface area contributed by atoms with Gasteiger partial charge in [0.25, 0.3) is 5.56 Å². The number of fused-ring (bicyclic) bond motifs is 1. The Labute approximate surface area is 104 Å². The minimum absolute atomic E-state index is 0.149. The predicted molar refractivity (Wildman–Crippen MR) is 71.2 cm³/mol. The Morgan fingerprint density at radius 3 is 2.76 bits per heavy atom. The number of aryl methyl sites for hydroxylation is 1. The standard InChI is InChI=1S/C14H13NOS/c1-10-9-13-12(7-8-17-13)14(16)15(10)11-5-3-2-4-6-11/h2-6,9H,7-8H2,1H3. The minimum atomic E-state index is 0.149. The van der Waals surface area contributed by atoms with E-state index in [9.17, 15) is 4.79 Å². The molecular weight excluding hydrogens is 230 g/mol. The average Bonchev–Trinajstić information content (AvgIpc) is 2.78. The molecule has 0 saturated heterocycles. The van der Waals surface area contributed by atoms with Crippen molar-refractivity contribution in [2.45, 2.75) is 18.2 Å². The molecule has 0 fully saturated rings. The first-order valence-corrected chi connectivity index (χ1v) is 6.69. The van der Waals surface area contributed by atoms with Crippen molar-refractivity contribution in [3.63, 3.8) is 0 Å². The summed E-state index contributed by atoms with van der Waals surface area (Å²) in [4.78, 5) is 13.6. The van der Waals surface area contributed by atoms with Gasteiger partial charge in [0, 0.05) is 27.6 Å². The van der Waals surface area contributed by atoms with Crippen LogP contribution in [0.15, 0.2) is 46.1 Å². The van der Waals surface area contributed by atoms with Gasteiger partial charge in [-0.05, 0) is 31.5 Å². The quantitative estimate of drug-likeness (QED) is 0.768. The molecule has 2 aromatic rings. The fraction of sp³-hybridized carbons (Fsp3) is 0.214. The largest absolute Gasteiger partial charge is 0.281 e. The lowest BCUT2D eigenvalue weighted by Crippen LogP contribution is -2.23. The van der Waals surface area contributed by atoms with E-state index >= 15 is 0 Å². The maximum atomic E-state index is 12.4. The molecule has 1 aromatic carbocycles. The molecule has 2 nitrogen and oxygen atoms in total. The number of hydrogen-bond acceptors (Lipinski definition) is 2. The molecule has 0 saturated carbocycles. The van der Waals surface area contributed by atoms with E-state index in [1.807, 2.05) is 41.8 Å². The zero-order valence-corrected chi connectivity index (χ0v) is 10.5. The average molecular weight is 243 g/mol. The normalized spacial score (nSPS) is 13.7. The highest BCUT2D eigenvalue weighted by Crippen LogP contribution is 2.29. The highest BCUT2D eigenvalue weighted by Gasteiger charge is 2.18. The van der Waals surface area contributed by atoms with Crippen molar-refractivity contribution in [3.05, 3.63) is 58.0 Å². The summed E-state index contributed by atoms with van der Waals surface area (Å²) in [5.74, 6) is 1.03. The Bertz CT molecular complexity index is 616. The van der Waals surface area contributed by atoms with Gasteiger partial charge in [0.1, 0.15) is 0 Å². The first-order valence-electron chi connectivity index (χ1n) is 5.71. The van der Waals surface area contributed by atoms with Gasteiger partial charge in [-0.1, -0.05) is 18.2 Å². The van der Waals surface area contributed by atoms with Crippen LogP contribution < -0.4 is 5.56 Å². The molecule has 1 aliphatic heterocycles. The van der Waals surface area contributed by atoms with Crippen LogP contribution in [0.3, 0.4) is 0 Å². The molecule has 0 aliphatic carbocycles. The van der Waals surface area contributed by atoms with Crippen LogP contribution in [-0.2, 0) is 6.42 Å². The van der Waals surface area contributed by atoms with Crippen LogP contribution in [0.25, 0.3) is 5.69 Å². The van der Waals surface area contributed by atoms with Gasteiger partial charge in [-0.2, -0.15) is 0 Å². The van der Waals surface area contributed by atoms with Gasteiger partial charge in [-0.25, -0.2) is 0 Å². The number of para-hydroxylation sites is 1. The monoisotopic (exact) mass is 243 g/mol. The zero-order chi connectivity index (χ0) is 11.8. The second-order valence-corrected chi connectivity index (χ2v) is 5.34. The van der Waals surface area contributed by atoms with Crippen LogP contribution in [0, 0.1) is 6.92 Å². The highest BCUT2D eigenvalue weighted by molar-refractivity contribution is 7.99. The number of thioether (sulfide) groups is 1. The van der Waals surface area contributed by atoms with Gasteiger partial charge in [-0.3, -0.25) is 9.36 Å². The first-order chi connectivity index (χ1) is 8.27. The summed E-state index contributed by atoms with van der Waals surface area (Å²) in [7, 11) is 0. The van der Waals surface area contributed by atoms with E-state index in [1.54, 1.807) is 11.8 Å². The van der Waals surface area contributed by atoms with E-state index < -0.39 is 0 Å². The molecule has 1 aromatic heterocycles. The van der Waals surface area contributed by atoms with Gasteiger partial charge >= 0.3 is 0 Å². The molecule has 3 heteroatoms. The summed E-state index contributed by atoms with van der Waals surface area (Å²) in [6.45, 7) is 1.99. The van der Waals surface area contributed by atoms with Crippen molar-refractivity contribution in [1.29, 1.82) is 0 Å². The summed E-state index contributed by atoms with van der Waals surface area (Å²) >= 11 is 1.79. The summed E-state index contributed by atoms with van der Waals surface area (Å²) < 4.78 is 1.81. The smallest absolute Gasteiger partial charge is 0.259 e. The molecule has 0 bridgehead atoms. The van der Waals surface area contributed by atoms with Crippen molar-refractivity contribution < 1.29 is 0 Å². The molecule has 0 amide bonds. The molecule has 86 valence electrons. The summed E-state index contributed by atoms with van der Waals surface area (Å²) in [5.41, 5.74) is 3.09. The Balaban J connectivity index is 2.28. The van der Waals surface area contributed by atoms with Gasteiger partial charge < -0.3 is 0 Å². The number of rotatable bonds is 1. The molecule has 17 heavy (non-hydrogen) atoms. The van der Waals surface area contributed by atoms with E-state index in [1.165, 1.54) is 4.90 Å². The third kappa shape index (κ3) is 1.71. The molecule has 3 rings (SSSR count). The van der Waals surface area contributed by atoms with Gasteiger partial charge in [0.05, 0.1) is 0 Å². The lowest BCUT2D eigenvalue weighted by molar-refractivity contribution is 0.883. The van der Waals surface area contributed by atoms with Crippen LogP contribution in [0.2, 0.25) is 0 Å². The summed E-state index contributed by atoms with van der Waals surface area (Å²) in [5, 5.41) is 0. The molecule has 0 N–H and O–H groups in total. The number of aromatic nitrogens is 1. The molecule has 2 heterocycles. The second-order valence-electron chi connectivity index (χ2n) is 4.20. The van der Waals surface area contributed by atoms with Crippen LogP contribution in [0.5, 0.6) is 0 Å². The Hall–Kier alpha value is -1.48. The first kappa shape index (κ1) is 10.7. The highest BCUT2D eigenvalue weighted by atomic mass is 32.2. The SMILES string of the molecule is Cc1cc2c(c(=O)n1-c1ccccc1)CCS2. The molecular formula is C14H13NOS. The van der Waals surface area contributed by atoms with Gasteiger partial charge in [-0.15, -0.1) is 11.8 Å². The predicted octanol–water partition coefficient (Wildman–Crippen LogP) is 2.79. The van der Waals surface area contributed by atoms with E-state index in [0.717, 1.165) is 29.1 Å². The van der Waals surface area contributed by atoms with Crippen molar-refractivity contribution in [2.75, 3.05) is 5.75 Å². The third-order valence-corrected chi connectivity index (χ3v) is 4.16. The maximum Gasteiger partial charge on any atom is 0.259 e. The van der Waals surface area contributed by atoms with Crippen molar-refractivity contribution in [3.8, 4) is 5.69 Å². The van der Waals surface area contributed by atoms with Crippen molar-refractivity contribution in [2.24, 2.45) is 0 Å². The fourth-order valence-corrected chi connectivity index (χ4v) is 3.41. The van der Waals surface area contributed by atoms with Crippen molar-refractivity contribution in [1.82, 2.24) is 4.57 Å². The molecule has 1 aliphatic rings. The van der Waals surface area contributed by atoms with Crippen LogP contribution >= 0.6 is 11.8 Å². The Morgan fingerprint density at radius 1 is 1.24 bits per heavy atom. The molecule has 0 unspecified atom stereocenters. The number of hydrogen-bond donors (Lipinski definition) is 0. The van der Waals surface area contributed by atoms with E-state index in [4.69, 9.17) is 0 Å². The summed E-state index contributed by atoms with van der Waals surface area (Å²) in [6.07, 6.45) is 0.895. The zero-order valence-electron chi connectivity index (χ0n) is 9.64. The van der Waals surface area contributed by atoms with Crippen LogP contribution in [0.1, 0.15) is 11.3 Å². The number of benzene rings is 1. The Kier molecular flexibility index (Phi) is 2.56. The van der Waals surface area contributed by atoms with E-state index in [2.05, 4.69) is 6.07 Å². The summed E-state index contributed by atoms with van der Waals surface area (Å²) in [6, 6.07) is 12.0. The van der Waals surface area contributed by atoms with E-state index in [0.29, 0.717) is 0 Å². The lowest BCUT2D eigenvalue weighted by atomic mass is 10.2. The molecule has 0 radical (unpaired) electrons. The number of nitrogens with zero attached hydrogens (tertiary/aromatic N) is 1. The maximum absolute atomic E-state index is 12.4. The van der Waals surface area contributed by atoms with Crippen molar-refractivity contribution >= 4 is 11.8 Å². The van der Waals surface area contributed by atoms with Gasteiger partial charge in [0.15, 0.2) is 0 Å². The molecule has 0 atom stereocenters. The molecule has 0 spiro atoms.